The molecule has 124 valence electrons. The summed E-state index contributed by atoms with van der Waals surface area (Å²) in [5, 5.41) is 6.51. The average Bonchev–Trinajstić information content (AvgIpc) is 2.50. The number of thioether (sulfide) groups is 1. The van der Waals surface area contributed by atoms with Gasteiger partial charge in [0.2, 0.25) is 5.91 Å². The highest BCUT2D eigenvalue weighted by Gasteiger charge is 2.22. The predicted octanol–water partition coefficient (Wildman–Crippen LogP) is 2.71. The van der Waals surface area contributed by atoms with E-state index in [1.165, 1.54) is 4.90 Å². The molecule has 2 rings (SSSR count). The van der Waals surface area contributed by atoms with Gasteiger partial charge in [-0.15, -0.1) is 24.2 Å². The molecule has 0 aliphatic carbocycles. The van der Waals surface area contributed by atoms with Gasteiger partial charge in [-0.2, -0.15) is 0 Å². The molecular weight excluding hydrogens is 320 g/mol. The standard InChI is InChI=1S/C16H24N2O2S.ClH/c1-12-11-17-9-7-15(12)18-16(19)8-10-21-14-5-3-13(20-2)4-6-14;/h3-6,12,15,17H,7-11H2,1-2H3,(H,18,19);1H. The Morgan fingerprint density at radius 3 is 2.77 bits per heavy atom. The lowest BCUT2D eigenvalue weighted by atomic mass is 9.95. The van der Waals surface area contributed by atoms with Gasteiger partial charge >= 0.3 is 0 Å². The third-order valence-corrected chi connectivity index (χ3v) is 4.80. The minimum atomic E-state index is 0. The summed E-state index contributed by atoms with van der Waals surface area (Å²) in [5.41, 5.74) is 0. The predicted molar refractivity (Wildman–Crippen MR) is 94.2 cm³/mol. The number of methoxy groups -OCH3 is 1. The van der Waals surface area contributed by atoms with Crippen molar-refractivity contribution in [3.05, 3.63) is 24.3 Å². The fourth-order valence-corrected chi connectivity index (χ4v) is 3.29. The second-order valence-corrected chi connectivity index (χ2v) is 6.59. The summed E-state index contributed by atoms with van der Waals surface area (Å²) in [6.45, 7) is 4.17. The summed E-state index contributed by atoms with van der Waals surface area (Å²) >= 11 is 1.70. The van der Waals surface area contributed by atoms with Crippen molar-refractivity contribution in [2.45, 2.75) is 30.7 Å². The number of nitrogens with one attached hydrogen (secondary N) is 2. The number of rotatable bonds is 6. The van der Waals surface area contributed by atoms with E-state index in [2.05, 4.69) is 17.6 Å². The number of hydrogen-bond acceptors (Lipinski definition) is 4. The molecule has 4 nitrogen and oxygen atoms in total. The van der Waals surface area contributed by atoms with Gasteiger partial charge in [-0.05, 0) is 49.7 Å². The van der Waals surface area contributed by atoms with Gasteiger partial charge in [-0.1, -0.05) is 6.92 Å². The molecule has 1 aromatic carbocycles. The molecule has 1 aliphatic heterocycles. The van der Waals surface area contributed by atoms with E-state index >= 15 is 0 Å². The normalized spacial score (nSPS) is 20.8. The maximum Gasteiger partial charge on any atom is 0.221 e. The molecule has 1 aromatic rings. The van der Waals surface area contributed by atoms with E-state index in [-0.39, 0.29) is 18.3 Å². The molecule has 2 atom stereocenters. The van der Waals surface area contributed by atoms with E-state index < -0.39 is 0 Å². The van der Waals surface area contributed by atoms with Crippen LogP contribution in [0.3, 0.4) is 0 Å². The molecule has 1 fully saturated rings. The van der Waals surface area contributed by atoms with Crippen LogP contribution in [-0.4, -0.2) is 37.9 Å². The molecule has 0 aromatic heterocycles. The number of carbonyl (C=O) groups is 1. The first-order valence-electron chi connectivity index (χ1n) is 7.46. The summed E-state index contributed by atoms with van der Waals surface area (Å²) in [6, 6.07) is 8.26. The number of amides is 1. The van der Waals surface area contributed by atoms with Crippen molar-refractivity contribution < 1.29 is 9.53 Å². The first kappa shape index (κ1) is 19.1. The van der Waals surface area contributed by atoms with Crippen molar-refractivity contribution in [3.8, 4) is 5.75 Å². The second kappa shape index (κ2) is 9.98. The van der Waals surface area contributed by atoms with Crippen molar-refractivity contribution in [2.24, 2.45) is 5.92 Å². The Labute approximate surface area is 143 Å². The molecule has 1 heterocycles. The minimum Gasteiger partial charge on any atom is -0.497 e. The second-order valence-electron chi connectivity index (χ2n) is 5.42. The monoisotopic (exact) mass is 344 g/mol. The Morgan fingerprint density at radius 1 is 1.41 bits per heavy atom. The average molecular weight is 345 g/mol. The summed E-state index contributed by atoms with van der Waals surface area (Å²) in [6.07, 6.45) is 1.59. The van der Waals surface area contributed by atoms with E-state index in [4.69, 9.17) is 4.74 Å². The highest BCUT2D eigenvalue weighted by atomic mass is 35.5. The lowest BCUT2D eigenvalue weighted by Crippen LogP contribution is -2.48. The maximum absolute atomic E-state index is 12.0. The highest BCUT2D eigenvalue weighted by Crippen LogP contribution is 2.21. The van der Waals surface area contributed by atoms with Crippen molar-refractivity contribution in [1.29, 1.82) is 0 Å². The molecular formula is C16H25ClN2O2S. The first-order valence-corrected chi connectivity index (χ1v) is 8.44. The van der Waals surface area contributed by atoms with E-state index in [1.54, 1.807) is 18.9 Å². The van der Waals surface area contributed by atoms with Crippen molar-refractivity contribution in [1.82, 2.24) is 10.6 Å². The number of ether oxygens (including phenoxy) is 1. The first-order chi connectivity index (χ1) is 10.2. The van der Waals surface area contributed by atoms with Gasteiger partial charge in [0.1, 0.15) is 5.75 Å². The Balaban J connectivity index is 0.00000242. The molecule has 1 amide bonds. The SMILES string of the molecule is COc1ccc(SCCC(=O)NC2CCNCC2C)cc1.Cl. The van der Waals surface area contributed by atoms with Gasteiger partial charge in [0.05, 0.1) is 7.11 Å². The highest BCUT2D eigenvalue weighted by molar-refractivity contribution is 7.99. The van der Waals surface area contributed by atoms with Crippen LogP contribution in [0.15, 0.2) is 29.2 Å². The van der Waals surface area contributed by atoms with Gasteiger partial charge in [0.15, 0.2) is 0 Å². The van der Waals surface area contributed by atoms with Gasteiger partial charge in [-0.3, -0.25) is 4.79 Å². The zero-order valence-corrected chi connectivity index (χ0v) is 14.8. The fraction of sp³-hybridized carbons (Fsp3) is 0.562. The Bertz CT molecular complexity index is 456. The zero-order valence-electron chi connectivity index (χ0n) is 13.1. The molecule has 0 radical (unpaired) electrons. The molecule has 2 N–H and O–H groups in total. The van der Waals surface area contributed by atoms with Gasteiger partial charge < -0.3 is 15.4 Å². The molecule has 2 unspecified atom stereocenters. The van der Waals surface area contributed by atoms with Gasteiger partial charge in [-0.25, -0.2) is 0 Å². The Hall–Kier alpha value is -0.910. The Morgan fingerprint density at radius 2 is 2.14 bits per heavy atom. The third kappa shape index (κ3) is 6.07. The molecule has 0 saturated carbocycles. The van der Waals surface area contributed by atoms with Crippen molar-refractivity contribution in [2.75, 3.05) is 26.0 Å². The summed E-state index contributed by atoms with van der Waals surface area (Å²) in [7, 11) is 1.66. The molecule has 6 heteroatoms. The summed E-state index contributed by atoms with van der Waals surface area (Å²) in [5.74, 6) is 2.33. The van der Waals surface area contributed by atoms with Crippen LogP contribution in [0, 0.1) is 5.92 Å². The molecule has 22 heavy (non-hydrogen) atoms. The maximum atomic E-state index is 12.0. The van der Waals surface area contributed by atoms with Crippen LogP contribution in [-0.2, 0) is 4.79 Å². The third-order valence-electron chi connectivity index (χ3n) is 3.79. The van der Waals surface area contributed by atoms with E-state index in [1.807, 2.05) is 24.3 Å². The Kier molecular flexibility index (Phi) is 8.68. The van der Waals surface area contributed by atoms with Crippen molar-refractivity contribution >= 4 is 30.1 Å². The van der Waals surface area contributed by atoms with Crippen LogP contribution in [0.4, 0.5) is 0 Å². The lowest BCUT2D eigenvalue weighted by Gasteiger charge is -2.30. The van der Waals surface area contributed by atoms with E-state index in [9.17, 15) is 4.79 Å². The summed E-state index contributed by atoms with van der Waals surface area (Å²) in [4.78, 5) is 13.1. The van der Waals surface area contributed by atoms with Crippen LogP contribution in [0.5, 0.6) is 5.75 Å². The number of carbonyl (C=O) groups excluding carboxylic acids is 1. The smallest absolute Gasteiger partial charge is 0.221 e. The van der Waals surface area contributed by atoms with Crippen LogP contribution in [0.25, 0.3) is 0 Å². The molecule has 0 bridgehead atoms. The largest absolute Gasteiger partial charge is 0.497 e. The van der Waals surface area contributed by atoms with Crippen molar-refractivity contribution in [3.63, 3.8) is 0 Å². The molecule has 0 spiro atoms. The van der Waals surface area contributed by atoms with E-state index in [0.717, 1.165) is 31.0 Å². The van der Waals surface area contributed by atoms with Gasteiger partial charge in [0.25, 0.3) is 0 Å². The number of hydrogen-bond donors (Lipinski definition) is 2. The lowest BCUT2D eigenvalue weighted by molar-refractivity contribution is -0.121. The van der Waals surface area contributed by atoms with Crippen LogP contribution in [0.1, 0.15) is 19.8 Å². The van der Waals surface area contributed by atoms with Crippen LogP contribution < -0.4 is 15.4 Å². The summed E-state index contributed by atoms with van der Waals surface area (Å²) < 4.78 is 5.13. The number of halogens is 1. The van der Waals surface area contributed by atoms with Crippen LogP contribution in [0.2, 0.25) is 0 Å². The zero-order chi connectivity index (χ0) is 15.1. The molecule has 1 saturated heterocycles. The van der Waals surface area contributed by atoms with Crippen LogP contribution >= 0.6 is 24.2 Å². The fourth-order valence-electron chi connectivity index (χ4n) is 2.44. The van der Waals surface area contributed by atoms with E-state index in [0.29, 0.717) is 18.4 Å². The van der Waals surface area contributed by atoms with Gasteiger partial charge in [0, 0.05) is 23.1 Å². The topological polar surface area (TPSA) is 50.4 Å². The molecule has 1 aliphatic rings. The number of benzene rings is 1. The minimum absolute atomic E-state index is 0. The quantitative estimate of drug-likeness (QED) is 0.779. The number of piperidine rings is 1.